The summed E-state index contributed by atoms with van der Waals surface area (Å²) in [5.41, 5.74) is 5.70. The molecule has 0 fully saturated rings. The molecule has 110 valence electrons. The number of rotatable bonds is 6. The van der Waals surface area contributed by atoms with Crippen molar-refractivity contribution in [3.63, 3.8) is 0 Å². The van der Waals surface area contributed by atoms with Crippen LogP contribution in [-0.2, 0) is 22.0 Å². The highest BCUT2D eigenvalue weighted by Gasteiger charge is 2.26. The van der Waals surface area contributed by atoms with E-state index in [1.54, 1.807) is 11.3 Å². The number of sulfonamides is 1. The number of nitrogens with zero attached hydrogens (tertiary/aromatic N) is 1. The Bertz CT molecular complexity index is 659. The lowest BCUT2D eigenvalue weighted by Gasteiger charge is -2.23. The summed E-state index contributed by atoms with van der Waals surface area (Å²) in [5, 5.41) is 8.24. The number of aromatic nitrogens is 2. The Balaban J connectivity index is 2.14. The van der Waals surface area contributed by atoms with E-state index in [4.69, 9.17) is 5.73 Å². The van der Waals surface area contributed by atoms with Gasteiger partial charge in [-0.1, -0.05) is 19.9 Å². The van der Waals surface area contributed by atoms with Gasteiger partial charge in [-0.3, -0.25) is 5.10 Å². The van der Waals surface area contributed by atoms with Crippen LogP contribution in [0.2, 0.25) is 0 Å². The van der Waals surface area contributed by atoms with Crippen molar-refractivity contribution >= 4 is 21.4 Å². The first-order valence-electron chi connectivity index (χ1n) is 6.13. The molecule has 4 N–H and O–H groups in total. The van der Waals surface area contributed by atoms with E-state index in [0.717, 1.165) is 4.88 Å². The Morgan fingerprint density at radius 3 is 2.85 bits per heavy atom. The van der Waals surface area contributed by atoms with Gasteiger partial charge in [0.25, 0.3) is 10.0 Å². The van der Waals surface area contributed by atoms with Crippen molar-refractivity contribution in [3.05, 3.63) is 34.2 Å². The molecule has 2 rings (SSSR count). The molecule has 20 heavy (non-hydrogen) atoms. The van der Waals surface area contributed by atoms with E-state index >= 15 is 0 Å². The molecule has 0 aromatic carbocycles. The van der Waals surface area contributed by atoms with Gasteiger partial charge in [0.15, 0.2) is 5.03 Å². The van der Waals surface area contributed by atoms with Gasteiger partial charge in [-0.25, -0.2) is 13.1 Å². The van der Waals surface area contributed by atoms with Gasteiger partial charge in [-0.05, 0) is 11.4 Å². The fourth-order valence-electron chi connectivity index (χ4n) is 1.78. The topological polar surface area (TPSA) is 101 Å². The van der Waals surface area contributed by atoms with E-state index in [1.807, 2.05) is 31.4 Å². The fourth-order valence-corrected chi connectivity index (χ4v) is 3.98. The molecular weight excluding hydrogens is 296 g/mol. The second kappa shape index (κ2) is 5.65. The lowest BCUT2D eigenvalue weighted by molar-refractivity contribution is 0.507. The summed E-state index contributed by atoms with van der Waals surface area (Å²) < 4.78 is 27.1. The van der Waals surface area contributed by atoms with Gasteiger partial charge in [0, 0.05) is 28.9 Å². The number of aromatic amines is 1. The van der Waals surface area contributed by atoms with Gasteiger partial charge in [-0.2, -0.15) is 5.10 Å². The Kier molecular flexibility index (Phi) is 4.28. The van der Waals surface area contributed by atoms with Crippen molar-refractivity contribution in [2.45, 2.75) is 30.8 Å². The normalized spacial score (nSPS) is 12.8. The number of H-pyrrole nitrogens is 1. The van der Waals surface area contributed by atoms with E-state index in [-0.39, 0.29) is 17.0 Å². The molecule has 2 aromatic rings. The molecule has 0 aliphatic heterocycles. The van der Waals surface area contributed by atoms with Crippen LogP contribution in [0.5, 0.6) is 0 Å². The summed E-state index contributed by atoms with van der Waals surface area (Å²) in [5.74, 6) is 0. The molecule has 2 aromatic heterocycles. The van der Waals surface area contributed by atoms with Gasteiger partial charge in [0.05, 0.1) is 6.20 Å². The minimum Gasteiger partial charge on any atom is -0.326 e. The quantitative estimate of drug-likeness (QED) is 0.745. The average molecular weight is 314 g/mol. The maximum absolute atomic E-state index is 12.3. The molecule has 2 heterocycles. The molecule has 0 bridgehead atoms. The van der Waals surface area contributed by atoms with Gasteiger partial charge in [0.2, 0.25) is 0 Å². The number of thiophene rings is 1. The van der Waals surface area contributed by atoms with Crippen LogP contribution >= 0.6 is 11.3 Å². The van der Waals surface area contributed by atoms with Crippen molar-refractivity contribution in [1.29, 1.82) is 0 Å². The third kappa shape index (κ3) is 3.09. The summed E-state index contributed by atoms with van der Waals surface area (Å²) >= 11 is 1.61. The van der Waals surface area contributed by atoms with Crippen molar-refractivity contribution in [2.75, 3.05) is 6.54 Å². The van der Waals surface area contributed by atoms with Crippen molar-refractivity contribution < 1.29 is 8.42 Å². The first-order valence-corrected chi connectivity index (χ1v) is 8.49. The molecular formula is C12H18N4O2S2. The van der Waals surface area contributed by atoms with Crippen LogP contribution in [0.3, 0.4) is 0 Å². The predicted molar refractivity (Wildman–Crippen MR) is 79.0 cm³/mol. The van der Waals surface area contributed by atoms with Crippen LogP contribution in [0.15, 0.2) is 28.7 Å². The van der Waals surface area contributed by atoms with Crippen LogP contribution in [0.4, 0.5) is 0 Å². The Labute approximate surface area is 122 Å². The monoisotopic (exact) mass is 314 g/mol. The van der Waals surface area contributed by atoms with E-state index < -0.39 is 10.0 Å². The Morgan fingerprint density at radius 2 is 2.25 bits per heavy atom. The van der Waals surface area contributed by atoms with Crippen LogP contribution < -0.4 is 10.5 Å². The molecule has 6 nitrogen and oxygen atoms in total. The molecule has 0 aliphatic carbocycles. The van der Waals surface area contributed by atoms with E-state index in [0.29, 0.717) is 12.1 Å². The van der Waals surface area contributed by atoms with Crippen LogP contribution in [0, 0.1) is 0 Å². The zero-order valence-corrected chi connectivity index (χ0v) is 13.0. The zero-order valence-electron chi connectivity index (χ0n) is 11.4. The van der Waals surface area contributed by atoms with Crippen molar-refractivity contribution in [2.24, 2.45) is 5.73 Å². The maximum Gasteiger partial charge on any atom is 0.257 e. The lowest BCUT2D eigenvalue weighted by atomic mass is 9.92. The maximum atomic E-state index is 12.3. The third-order valence-electron chi connectivity index (χ3n) is 3.06. The standard InChI is InChI=1S/C12H18N4O2S2/c1-12(2,10-4-3-5-19-10)8-15-20(17,18)11-9(6-13)7-14-16-11/h3-5,7,15H,6,8,13H2,1-2H3,(H,14,16). The van der Waals surface area contributed by atoms with Crippen LogP contribution in [0.1, 0.15) is 24.3 Å². The summed E-state index contributed by atoms with van der Waals surface area (Å²) in [4.78, 5) is 1.13. The molecule has 0 amide bonds. The number of nitrogens with two attached hydrogens (primary N) is 1. The molecule has 0 unspecified atom stereocenters. The highest BCUT2D eigenvalue weighted by molar-refractivity contribution is 7.89. The lowest BCUT2D eigenvalue weighted by Crippen LogP contribution is -2.36. The van der Waals surface area contributed by atoms with Crippen LogP contribution in [-0.4, -0.2) is 25.2 Å². The van der Waals surface area contributed by atoms with E-state index in [1.165, 1.54) is 6.20 Å². The van der Waals surface area contributed by atoms with Gasteiger partial charge < -0.3 is 5.73 Å². The summed E-state index contributed by atoms with van der Waals surface area (Å²) in [6, 6.07) is 3.96. The molecule has 0 spiro atoms. The fraction of sp³-hybridized carbons (Fsp3) is 0.417. The van der Waals surface area contributed by atoms with E-state index in [9.17, 15) is 8.42 Å². The molecule has 0 aliphatic rings. The first-order chi connectivity index (χ1) is 9.37. The summed E-state index contributed by atoms with van der Waals surface area (Å²) in [7, 11) is -3.63. The molecule has 0 atom stereocenters. The largest absolute Gasteiger partial charge is 0.326 e. The van der Waals surface area contributed by atoms with Gasteiger partial charge >= 0.3 is 0 Å². The van der Waals surface area contributed by atoms with Crippen LogP contribution in [0.25, 0.3) is 0 Å². The third-order valence-corrected chi connectivity index (χ3v) is 5.71. The average Bonchev–Trinajstić information content (AvgIpc) is 3.07. The summed E-state index contributed by atoms with van der Waals surface area (Å²) in [6.07, 6.45) is 1.43. The summed E-state index contributed by atoms with van der Waals surface area (Å²) in [6.45, 7) is 4.43. The number of hydrogen-bond donors (Lipinski definition) is 3. The SMILES string of the molecule is CC(C)(CNS(=O)(=O)c1[nH]ncc1CN)c1cccs1. The Hall–Kier alpha value is -1.22. The molecule has 8 heteroatoms. The van der Waals surface area contributed by atoms with Crippen molar-refractivity contribution in [3.8, 4) is 0 Å². The predicted octanol–water partition coefficient (Wildman–Crippen LogP) is 1.19. The minimum atomic E-state index is -3.63. The number of nitrogens with one attached hydrogen (secondary N) is 2. The highest BCUT2D eigenvalue weighted by Crippen LogP contribution is 2.27. The number of hydrogen-bond acceptors (Lipinski definition) is 5. The smallest absolute Gasteiger partial charge is 0.257 e. The molecule has 0 saturated heterocycles. The van der Waals surface area contributed by atoms with Crippen molar-refractivity contribution in [1.82, 2.24) is 14.9 Å². The second-order valence-corrected chi connectivity index (χ2v) is 7.77. The van der Waals surface area contributed by atoms with Gasteiger partial charge in [-0.15, -0.1) is 11.3 Å². The molecule has 0 saturated carbocycles. The molecule has 0 radical (unpaired) electrons. The first kappa shape index (κ1) is 15.2. The minimum absolute atomic E-state index is 0.0435. The highest BCUT2D eigenvalue weighted by atomic mass is 32.2. The zero-order chi connectivity index (χ0) is 14.8. The van der Waals surface area contributed by atoms with E-state index in [2.05, 4.69) is 14.9 Å². The Morgan fingerprint density at radius 1 is 1.50 bits per heavy atom. The van der Waals surface area contributed by atoms with Gasteiger partial charge in [0.1, 0.15) is 0 Å². The second-order valence-electron chi connectivity index (χ2n) is 5.11.